The van der Waals surface area contributed by atoms with Crippen molar-refractivity contribution < 1.29 is 13.2 Å². The zero-order valence-electron chi connectivity index (χ0n) is 21.4. The number of pyridine rings is 1. The Labute approximate surface area is 241 Å². The summed E-state index contributed by atoms with van der Waals surface area (Å²) in [4.78, 5) is 17.6. The average molecular weight is 590 g/mol. The second kappa shape index (κ2) is 11.6. The molecular weight excluding hydrogens is 566 g/mol. The minimum atomic E-state index is -3.32. The van der Waals surface area contributed by atoms with Crippen LogP contribution in [-0.2, 0) is 21.2 Å². The van der Waals surface area contributed by atoms with Gasteiger partial charge in [-0.3, -0.25) is 9.36 Å². The molecule has 0 saturated carbocycles. The van der Waals surface area contributed by atoms with Crippen LogP contribution in [0.1, 0.15) is 0 Å². The molecule has 1 amide bonds. The van der Waals surface area contributed by atoms with Crippen LogP contribution in [0.2, 0.25) is 5.02 Å². The number of hydrogen-bond acceptors (Lipinski definition) is 7. The molecule has 0 saturated heterocycles. The van der Waals surface area contributed by atoms with Gasteiger partial charge in [-0.1, -0.05) is 59.8 Å². The Balaban J connectivity index is 1.49. The van der Waals surface area contributed by atoms with Gasteiger partial charge in [0.2, 0.25) is 5.91 Å². The molecule has 1 N–H and O–H groups in total. The smallest absolute Gasteiger partial charge is 0.234 e. The van der Waals surface area contributed by atoms with Gasteiger partial charge in [-0.15, -0.1) is 16.8 Å². The lowest BCUT2D eigenvalue weighted by Gasteiger charge is -2.12. The second-order valence-electron chi connectivity index (χ2n) is 8.92. The number of nitrogens with one attached hydrogen (secondary N) is 1. The minimum absolute atomic E-state index is 0.132. The molecule has 3 aromatic carbocycles. The number of fused-ring (bicyclic) bond motifs is 1. The molecule has 40 heavy (non-hydrogen) atoms. The molecule has 0 aliphatic rings. The van der Waals surface area contributed by atoms with E-state index in [2.05, 4.69) is 22.1 Å². The standard InChI is InChI=1S/C29H24ClN5O3S2/c1-3-16-35-28(33-34-29(35)39-18-27(36)31-21-12-10-20(30)11-13-21)24-17-26(32-25-7-5-4-6-23(24)25)19-8-14-22(15-9-19)40(2,37)38/h3-15,17H,1,16,18H2,2H3,(H,31,36). The number of rotatable bonds is 9. The minimum Gasteiger partial charge on any atom is -0.325 e. The molecular formula is C29H24ClN5O3S2. The third-order valence-corrected chi connectivity index (χ3v) is 8.37. The van der Waals surface area contributed by atoms with Gasteiger partial charge in [0.1, 0.15) is 0 Å². The van der Waals surface area contributed by atoms with E-state index in [1.807, 2.05) is 34.9 Å². The molecule has 0 spiro atoms. The third-order valence-electron chi connectivity index (χ3n) is 6.02. The number of nitrogens with zero attached hydrogens (tertiary/aromatic N) is 4. The molecule has 5 aromatic rings. The van der Waals surface area contributed by atoms with E-state index in [1.54, 1.807) is 54.6 Å². The first-order chi connectivity index (χ1) is 19.2. The Morgan fingerprint density at radius 2 is 1.77 bits per heavy atom. The van der Waals surface area contributed by atoms with E-state index in [1.165, 1.54) is 18.0 Å². The maximum Gasteiger partial charge on any atom is 0.234 e. The van der Waals surface area contributed by atoms with E-state index in [9.17, 15) is 13.2 Å². The normalized spacial score (nSPS) is 11.4. The largest absolute Gasteiger partial charge is 0.325 e. The fraction of sp³-hybridized carbons (Fsp3) is 0.103. The number of benzene rings is 3. The monoisotopic (exact) mass is 589 g/mol. The fourth-order valence-corrected chi connectivity index (χ4v) is 5.63. The van der Waals surface area contributed by atoms with Crippen LogP contribution in [0, 0.1) is 0 Å². The van der Waals surface area contributed by atoms with Crippen molar-refractivity contribution in [1.82, 2.24) is 19.7 Å². The lowest BCUT2D eigenvalue weighted by molar-refractivity contribution is -0.113. The number of aromatic nitrogens is 4. The van der Waals surface area contributed by atoms with Crippen LogP contribution in [0.15, 0.2) is 102 Å². The third kappa shape index (κ3) is 6.09. The molecule has 0 bridgehead atoms. The number of halogens is 1. The Bertz CT molecular complexity index is 1820. The topological polar surface area (TPSA) is 107 Å². The van der Waals surface area contributed by atoms with Gasteiger partial charge >= 0.3 is 0 Å². The zero-order chi connectivity index (χ0) is 28.3. The lowest BCUT2D eigenvalue weighted by atomic mass is 10.0. The predicted octanol–water partition coefficient (Wildman–Crippen LogP) is 6.13. The number of hydrogen-bond donors (Lipinski definition) is 1. The number of sulfone groups is 1. The lowest BCUT2D eigenvalue weighted by Crippen LogP contribution is -2.14. The van der Waals surface area contributed by atoms with Crippen LogP contribution in [-0.4, -0.2) is 46.1 Å². The van der Waals surface area contributed by atoms with Crippen LogP contribution in [0.4, 0.5) is 5.69 Å². The highest BCUT2D eigenvalue weighted by atomic mass is 35.5. The predicted molar refractivity (Wildman–Crippen MR) is 160 cm³/mol. The van der Waals surface area contributed by atoms with Crippen molar-refractivity contribution in [3.8, 4) is 22.6 Å². The summed E-state index contributed by atoms with van der Waals surface area (Å²) < 4.78 is 25.8. The SMILES string of the molecule is C=CCn1c(SCC(=O)Nc2ccc(Cl)cc2)nnc1-c1cc(-c2ccc(S(C)(=O)=O)cc2)nc2ccccc12. The van der Waals surface area contributed by atoms with Crippen molar-refractivity contribution in [3.63, 3.8) is 0 Å². The molecule has 0 aliphatic heterocycles. The van der Waals surface area contributed by atoms with Gasteiger partial charge in [-0.2, -0.15) is 0 Å². The number of thioether (sulfide) groups is 1. The van der Waals surface area contributed by atoms with Gasteiger partial charge in [0.25, 0.3) is 0 Å². The molecule has 0 unspecified atom stereocenters. The molecule has 0 aliphatic carbocycles. The molecule has 11 heteroatoms. The molecule has 0 fully saturated rings. The molecule has 8 nitrogen and oxygen atoms in total. The second-order valence-corrected chi connectivity index (χ2v) is 12.3. The molecule has 2 heterocycles. The fourth-order valence-electron chi connectivity index (χ4n) is 4.13. The van der Waals surface area contributed by atoms with Crippen molar-refractivity contribution in [2.24, 2.45) is 0 Å². The maximum atomic E-state index is 12.6. The number of carbonyl (C=O) groups is 1. The van der Waals surface area contributed by atoms with Gasteiger partial charge in [-0.05, 0) is 48.5 Å². The van der Waals surface area contributed by atoms with Crippen LogP contribution in [0.5, 0.6) is 0 Å². The van der Waals surface area contributed by atoms with E-state index >= 15 is 0 Å². The van der Waals surface area contributed by atoms with Gasteiger partial charge in [-0.25, -0.2) is 13.4 Å². The van der Waals surface area contributed by atoms with Crippen LogP contribution in [0.3, 0.4) is 0 Å². The number of carbonyl (C=O) groups excluding carboxylic acids is 1. The number of amides is 1. The molecule has 0 atom stereocenters. The highest BCUT2D eigenvalue weighted by Gasteiger charge is 2.19. The summed E-state index contributed by atoms with van der Waals surface area (Å²) in [5.74, 6) is 0.553. The Hall–Kier alpha value is -3.99. The Morgan fingerprint density at radius 1 is 1.05 bits per heavy atom. The van der Waals surface area contributed by atoms with Crippen LogP contribution >= 0.6 is 23.4 Å². The summed E-state index contributed by atoms with van der Waals surface area (Å²) >= 11 is 7.20. The Kier molecular flexibility index (Phi) is 8.02. The zero-order valence-corrected chi connectivity index (χ0v) is 23.8. The van der Waals surface area contributed by atoms with Crippen molar-refractivity contribution in [1.29, 1.82) is 0 Å². The summed E-state index contributed by atoms with van der Waals surface area (Å²) in [7, 11) is -3.32. The summed E-state index contributed by atoms with van der Waals surface area (Å²) in [6.07, 6.45) is 2.93. The number of para-hydroxylation sites is 1. The number of anilines is 1. The van der Waals surface area contributed by atoms with Crippen LogP contribution < -0.4 is 5.32 Å². The van der Waals surface area contributed by atoms with Crippen molar-refractivity contribution >= 4 is 55.7 Å². The van der Waals surface area contributed by atoms with Crippen LogP contribution in [0.25, 0.3) is 33.5 Å². The van der Waals surface area contributed by atoms with E-state index in [0.29, 0.717) is 33.9 Å². The first-order valence-electron chi connectivity index (χ1n) is 12.2. The molecule has 2 aromatic heterocycles. The summed E-state index contributed by atoms with van der Waals surface area (Å²) in [6.45, 7) is 4.32. The van der Waals surface area contributed by atoms with Gasteiger partial charge < -0.3 is 5.32 Å². The van der Waals surface area contributed by atoms with E-state index in [-0.39, 0.29) is 16.6 Å². The summed E-state index contributed by atoms with van der Waals surface area (Å²) in [5.41, 5.74) is 3.65. The number of allylic oxidation sites excluding steroid dienone is 1. The highest BCUT2D eigenvalue weighted by molar-refractivity contribution is 7.99. The Morgan fingerprint density at radius 3 is 2.48 bits per heavy atom. The van der Waals surface area contributed by atoms with Crippen molar-refractivity contribution in [3.05, 3.63) is 96.5 Å². The van der Waals surface area contributed by atoms with Crippen molar-refractivity contribution in [2.75, 3.05) is 17.3 Å². The van der Waals surface area contributed by atoms with Gasteiger partial charge in [0.05, 0.1) is 21.9 Å². The van der Waals surface area contributed by atoms with E-state index in [0.717, 1.165) is 22.0 Å². The molecule has 0 radical (unpaired) electrons. The quantitative estimate of drug-likeness (QED) is 0.163. The molecule has 5 rings (SSSR count). The average Bonchev–Trinajstić information content (AvgIpc) is 3.34. The van der Waals surface area contributed by atoms with E-state index < -0.39 is 9.84 Å². The molecule has 202 valence electrons. The first kappa shape index (κ1) is 27.6. The maximum absolute atomic E-state index is 12.6. The van der Waals surface area contributed by atoms with Gasteiger partial charge in [0, 0.05) is 40.0 Å². The van der Waals surface area contributed by atoms with E-state index in [4.69, 9.17) is 16.6 Å². The highest BCUT2D eigenvalue weighted by Crippen LogP contribution is 2.33. The summed E-state index contributed by atoms with van der Waals surface area (Å²) in [6, 6.07) is 23.2. The van der Waals surface area contributed by atoms with Gasteiger partial charge in [0.15, 0.2) is 20.8 Å². The van der Waals surface area contributed by atoms with Crippen molar-refractivity contribution in [2.45, 2.75) is 16.6 Å². The summed E-state index contributed by atoms with van der Waals surface area (Å²) in [5, 5.41) is 13.8. The first-order valence-corrected chi connectivity index (χ1v) is 15.4.